The Morgan fingerprint density at radius 3 is 2.78 bits per heavy atom. The maximum atomic E-state index is 14.3. The SMILES string of the molecule is Cc1nnc2sc3c(NCc4ccc(F)c(C(=O)NC5CC5(C)C)c4)ncnc3c2c1C. The van der Waals surface area contributed by atoms with E-state index in [2.05, 4.69) is 44.6 Å². The van der Waals surface area contributed by atoms with Crippen molar-refractivity contribution in [1.29, 1.82) is 0 Å². The van der Waals surface area contributed by atoms with Crippen molar-refractivity contribution in [3.8, 4) is 0 Å². The van der Waals surface area contributed by atoms with Gasteiger partial charge in [-0.15, -0.1) is 16.4 Å². The van der Waals surface area contributed by atoms with E-state index < -0.39 is 5.82 Å². The predicted molar refractivity (Wildman–Crippen MR) is 123 cm³/mol. The lowest BCUT2D eigenvalue weighted by Gasteiger charge is -2.10. The molecule has 4 aromatic rings. The van der Waals surface area contributed by atoms with Gasteiger partial charge >= 0.3 is 0 Å². The van der Waals surface area contributed by atoms with Gasteiger partial charge in [0.1, 0.15) is 22.8 Å². The maximum absolute atomic E-state index is 14.3. The van der Waals surface area contributed by atoms with Crippen LogP contribution in [-0.4, -0.2) is 32.1 Å². The van der Waals surface area contributed by atoms with Crippen LogP contribution >= 0.6 is 11.3 Å². The quantitative estimate of drug-likeness (QED) is 0.464. The van der Waals surface area contributed by atoms with Gasteiger partial charge in [0.25, 0.3) is 5.91 Å². The number of nitrogens with zero attached hydrogens (tertiary/aromatic N) is 4. The molecule has 1 aromatic carbocycles. The van der Waals surface area contributed by atoms with Crippen molar-refractivity contribution in [1.82, 2.24) is 25.5 Å². The molecule has 164 valence electrons. The Bertz CT molecular complexity index is 1380. The van der Waals surface area contributed by atoms with Gasteiger partial charge < -0.3 is 10.6 Å². The van der Waals surface area contributed by atoms with Crippen molar-refractivity contribution < 1.29 is 9.18 Å². The summed E-state index contributed by atoms with van der Waals surface area (Å²) in [7, 11) is 0. The van der Waals surface area contributed by atoms with E-state index in [4.69, 9.17) is 0 Å². The predicted octanol–water partition coefficient (Wildman–Crippen LogP) is 4.53. The number of hydrogen-bond acceptors (Lipinski definition) is 7. The van der Waals surface area contributed by atoms with E-state index in [1.54, 1.807) is 12.1 Å². The van der Waals surface area contributed by atoms with Gasteiger partial charge in [-0.25, -0.2) is 14.4 Å². The van der Waals surface area contributed by atoms with Crippen molar-refractivity contribution in [2.24, 2.45) is 5.41 Å². The second kappa shape index (κ2) is 7.44. The molecule has 3 heterocycles. The van der Waals surface area contributed by atoms with E-state index in [0.29, 0.717) is 12.4 Å². The second-order valence-corrected chi connectivity index (χ2v) is 9.98. The third kappa shape index (κ3) is 3.56. The Morgan fingerprint density at radius 1 is 1.25 bits per heavy atom. The molecule has 1 saturated carbocycles. The van der Waals surface area contributed by atoms with Crippen molar-refractivity contribution in [3.63, 3.8) is 0 Å². The lowest BCUT2D eigenvalue weighted by molar-refractivity contribution is 0.0942. The minimum Gasteiger partial charge on any atom is -0.365 e. The van der Waals surface area contributed by atoms with Gasteiger partial charge in [-0.3, -0.25) is 4.79 Å². The van der Waals surface area contributed by atoms with Gasteiger partial charge in [-0.2, -0.15) is 5.10 Å². The third-order valence-corrected chi connectivity index (χ3v) is 7.29. The number of amides is 1. The van der Waals surface area contributed by atoms with E-state index in [1.165, 1.54) is 23.7 Å². The standard InChI is InChI=1S/C23H23FN6OS/c1-11-12(2)29-30-22-17(11)18-19(32-22)20(27-10-26-18)25-9-13-5-6-15(24)14(7-13)21(31)28-16-8-23(16,3)4/h5-7,10,16H,8-9H2,1-4H3,(H,28,31)(H,25,26,27). The minimum absolute atomic E-state index is 0.0584. The van der Waals surface area contributed by atoms with Crippen molar-refractivity contribution in [3.05, 3.63) is 52.7 Å². The first-order valence-corrected chi connectivity index (χ1v) is 11.3. The molecule has 1 fully saturated rings. The molecule has 2 N–H and O–H groups in total. The molecule has 1 aliphatic carbocycles. The summed E-state index contributed by atoms with van der Waals surface area (Å²) < 4.78 is 15.2. The van der Waals surface area contributed by atoms with Crippen LogP contribution in [0.5, 0.6) is 0 Å². The normalized spacial score (nSPS) is 17.0. The molecule has 1 unspecified atom stereocenters. The fourth-order valence-electron chi connectivity index (χ4n) is 3.80. The smallest absolute Gasteiger partial charge is 0.254 e. The highest BCUT2D eigenvalue weighted by molar-refractivity contribution is 7.25. The molecule has 32 heavy (non-hydrogen) atoms. The Balaban J connectivity index is 1.40. The van der Waals surface area contributed by atoms with E-state index >= 15 is 0 Å². The maximum Gasteiger partial charge on any atom is 0.254 e. The zero-order chi connectivity index (χ0) is 22.6. The van der Waals surface area contributed by atoms with Crippen LogP contribution in [0.4, 0.5) is 10.2 Å². The molecular formula is C23H23FN6OS. The van der Waals surface area contributed by atoms with E-state index in [9.17, 15) is 9.18 Å². The number of benzene rings is 1. The average Bonchev–Trinajstić information content (AvgIpc) is 3.17. The summed E-state index contributed by atoms with van der Waals surface area (Å²) in [6.07, 6.45) is 2.43. The first-order valence-electron chi connectivity index (χ1n) is 10.4. The van der Waals surface area contributed by atoms with Crippen molar-refractivity contribution in [2.75, 3.05) is 5.32 Å². The zero-order valence-electron chi connectivity index (χ0n) is 18.3. The summed E-state index contributed by atoms with van der Waals surface area (Å²) in [5.74, 6) is -0.230. The van der Waals surface area contributed by atoms with Crippen LogP contribution in [0.2, 0.25) is 0 Å². The highest BCUT2D eigenvalue weighted by Gasteiger charge is 2.46. The van der Waals surface area contributed by atoms with Gasteiger partial charge in [0.2, 0.25) is 0 Å². The number of aromatic nitrogens is 4. The van der Waals surface area contributed by atoms with Crippen LogP contribution < -0.4 is 10.6 Å². The van der Waals surface area contributed by atoms with Gasteiger partial charge in [-0.05, 0) is 48.9 Å². The second-order valence-electron chi connectivity index (χ2n) is 8.98. The Morgan fingerprint density at radius 2 is 2.03 bits per heavy atom. The number of aryl methyl sites for hydroxylation is 2. The highest BCUT2D eigenvalue weighted by Crippen LogP contribution is 2.44. The van der Waals surface area contributed by atoms with Crippen molar-refractivity contribution in [2.45, 2.75) is 46.7 Å². The van der Waals surface area contributed by atoms with Gasteiger partial charge in [0.15, 0.2) is 0 Å². The third-order valence-electron chi connectivity index (χ3n) is 6.22. The molecule has 9 heteroatoms. The van der Waals surface area contributed by atoms with Crippen LogP contribution in [0, 0.1) is 25.1 Å². The molecule has 0 aliphatic heterocycles. The Labute approximate surface area is 188 Å². The fraction of sp³-hybridized carbons (Fsp3) is 0.348. The fourth-order valence-corrected chi connectivity index (χ4v) is 4.90. The van der Waals surface area contributed by atoms with Crippen LogP contribution in [0.3, 0.4) is 0 Å². The molecule has 0 spiro atoms. The van der Waals surface area contributed by atoms with Crippen LogP contribution in [0.25, 0.3) is 20.4 Å². The van der Waals surface area contributed by atoms with Gasteiger partial charge in [0.05, 0.1) is 21.5 Å². The van der Waals surface area contributed by atoms with Gasteiger partial charge in [0, 0.05) is 18.0 Å². The number of carbonyl (C=O) groups excluding carboxylic acids is 1. The molecule has 0 saturated heterocycles. The van der Waals surface area contributed by atoms with Crippen LogP contribution in [0.15, 0.2) is 24.5 Å². The number of rotatable bonds is 5. The lowest BCUT2D eigenvalue weighted by atomic mass is 10.1. The van der Waals surface area contributed by atoms with Crippen LogP contribution in [-0.2, 0) is 6.54 Å². The summed E-state index contributed by atoms with van der Waals surface area (Å²) >= 11 is 1.49. The molecule has 1 amide bonds. The summed E-state index contributed by atoms with van der Waals surface area (Å²) in [5.41, 5.74) is 3.68. The number of fused-ring (bicyclic) bond motifs is 3. The molecule has 5 rings (SSSR count). The van der Waals surface area contributed by atoms with E-state index in [1.807, 2.05) is 13.8 Å². The summed E-state index contributed by atoms with van der Waals surface area (Å²) in [4.78, 5) is 22.2. The topological polar surface area (TPSA) is 92.7 Å². The Hall–Kier alpha value is -3.20. The Kier molecular flexibility index (Phi) is 4.81. The van der Waals surface area contributed by atoms with Crippen LogP contribution in [0.1, 0.15) is 47.4 Å². The number of carbonyl (C=O) groups is 1. The number of anilines is 1. The molecule has 7 nitrogen and oxygen atoms in total. The number of halogens is 1. The average molecular weight is 451 g/mol. The molecule has 1 aliphatic rings. The van der Waals surface area contributed by atoms with Gasteiger partial charge in [-0.1, -0.05) is 19.9 Å². The minimum atomic E-state index is -0.525. The molecule has 3 aromatic heterocycles. The summed E-state index contributed by atoms with van der Waals surface area (Å²) in [5, 5.41) is 15.7. The number of hydrogen-bond donors (Lipinski definition) is 2. The number of nitrogens with one attached hydrogen (secondary N) is 2. The largest absolute Gasteiger partial charge is 0.365 e. The molecule has 1 atom stereocenters. The lowest BCUT2D eigenvalue weighted by Crippen LogP contribution is -2.29. The summed E-state index contributed by atoms with van der Waals surface area (Å²) in [6, 6.07) is 4.69. The highest BCUT2D eigenvalue weighted by atomic mass is 32.1. The molecule has 0 radical (unpaired) electrons. The van der Waals surface area contributed by atoms with E-state index in [-0.39, 0.29) is 22.9 Å². The van der Waals surface area contributed by atoms with E-state index in [0.717, 1.165) is 43.7 Å². The first kappa shape index (κ1) is 20.7. The first-order chi connectivity index (χ1) is 15.2. The molecular weight excluding hydrogens is 427 g/mol. The zero-order valence-corrected chi connectivity index (χ0v) is 19.1. The monoisotopic (exact) mass is 450 g/mol. The molecule has 0 bridgehead atoms. The summed E-state index contributed by atoms with van der Waals surface area (Å²) in [6.45, 7) is 8.50. The van der Waals surface area contributed by atoms with Crippen molar-refractivity contribution >= 4 is 43.5 Å². The number of thiophene rings is 1.